The second-order valence-electron chi connectivity index (χ2n) is 4.92. The topological polar surface area (TPSA) is 34.9 Å². The lowest BCUT2D eigenvalue weighted by Crippen LogP contribution is -2.23. The van der Waals surface area contributed by atoms with Crippen molar-refractivity contribution in [2.45, 2.75) is 25.5 Å². The molecular formula is C15H18N2OS. The second-order valence-corrected chi connectivity index (χ2v) is 5.23. The molecule has 0 aliphatic carbocycles. The number of rotatable bonds is 3. The van der Waals surface area contributed by atoms with Gasteiger partial charge in [0.1, 0.15) is 0 Å². The van der Waals surface area contributed by atoms with E-state index in [0.29, 0.717) is 17.2 Å². The number of benzene rings is 1. The molecule has 1 heterocycles. The monoisotopic (exact) mass is 274 g/mol. The van der Waals surface area contributed by atoms with Crippen molar-refractivity contribution in [2.24, 2.45) is 7.05 Å². The predicted octanol–water partition coefficient (Wildman–Crippen LogP) is 3.00. The summed E-state index contributed by atoms with van der Waals surface area (Å²) in [7, 11) is 1.67. The van der Waals surface area contributed by atoms with E-state index in [2.05, 4.69) is 43.7 Å². The number of aryl methyl sites for hydroxylation is 1. The molecule has 0 unspecified atom stereocenters. The highest BCUT2D eigenvalue weighted by Gasteiger charge is 2.07. The van der Waals surface area contributed by atoms with Crippen molar-refractivity contribution in [2.75, 3.05) is 0 Å². The fourth-order valence-corrected chi connectivity index (χ4v) is 2.19. The van der Waals surface area contributed by atoms with Gasteiger partial charge >= 0.3 is 0 Å². The first-order valence-corrected chi connectivity index (χ1v) is 6.94. The zero-order valence-electron chi connectivity index (χ0n) is 11.4. The standard InChI is InChI=1S/C15H18N2OS/c1-10(2)11-4-6-12(7-5-11)14-8-13(9-19)15(18)17(3)16-14/h4-8,10,19H,9H2,1-3H3. The molecule has 0 spiro atoms. The van der Waals surface area contributed by atoms with E-state index in [-0.39, 0.29) is 5.56 Å². The van der Waals surface area contributed by atoms with Crippen LogP contribution in [-0.4, -0.2) is 9.78 Å². The van der Waals surface area contributed by atoms with Gasteiger partial charge in [0.05, 0.1) is 5.69 Å². The molecule has 100 valence electrons. The Balaban J connectivity index is 2.47. The number of aromatic nitrogens is 2. The van der Waals surface area contributed by atoms with Gasteiger partial charge in [0.25, 0.3) is 5.56 Å². The lowest BCUT2D eigenvalue weighted by Gasteiger charge is -2.08. The van der Waals surface area contributed by atoms with Crippen LogP contribution in [0.2, 0.25) is 0 Å². The van der Waals surface area contributed by atoms with Crippen LogP contribution < -0.4 is 5.56 Å². The van der Waals surface area contributed by atoms with E-state index in [1.165, 1.54) is 10.2 Å². The molecule has 0 saturated carbocycles. The Morgan fingerprint density at radius 1 is 1.26 bits per heavy atom. The highest BCUT2D eigenvalue weighted by atomic mass is 32.1. The first-order valence-electron chi connectivity index (χ1n) is 6.31. The molecule has 19 heavy (non-hydrogen) atoms. The highest BCUT2D eigenvalue weighted by Crippen LogP contribution is 2.21. The SMILES string of the molecule is CC(C)c1ccc(-c2cc(CS)c(=O)n(C)n2)cc1. The van der Waals surface area contributed by atoms with Gasteiger partial charge in [0, 0.05) is 23.9 Å². The van der Waals surface area contributed by atoms with Crippen molar-refractivity contribution in [3.8, 4) is 11.3 Å². The van der Waals surface area contributed by atoms with Crippen LogP contribution in [0, 0.1) is 0 Å². The van der Waals surface area contributed by atoms with Gasteiger partial charge in [-0.3, -0.25) is 4.79 Å². The Hall–Kier alpha value is -1.55. The van der Waals surface area contributed by atoms with Crippen LogP contribution in [0.4, 0.5) is 0 Å². The van der Waals surface area contributed by atoms with Gasteiger partial charge in [-0.25, -0.2) is 4.68 Å². The van der Waals surface area contributed by atoms with Gasteiger partial charge in [0.2, 0.25) is 0 Å². The van der Waals surface area contributed by atoms with E-state index in [1.54, 1.807) is 7.05 Å². The summed E-state index contributed by atoms with van der Waals surface area (Å²) in [4.78, 5) is 11.8. The lowest BCUT2D eigenvalue weighted by molar-refractivity contribution is 0.704. The second kappa shape index (κ2) is 5.61. The molecule has 0 fully saturated rings. The molecule has 0 saturated heterocycles. The zero-order chi connectivity index (χ0) is 14.0. The van der Waals surface area contributed by atoms with Gasteiger partial charge < -0.3 is 0 Å². The van der Waals surface area contributed by atoms with Gasteiger partial charge in [0.15, 0.2) is 0 Å². The summed E-state index contributed by atoms with van der Waals surface area (Å²) < 4.78 is 1.37. The maximum Gasteiger partial charge on any atom is 0.270 e. The minimum absolute atomic E-state index is 0.0856. The number of hydrogen-bond acceptors (Lipinski definition) is 3. The largest absolute Gasteiger partial charge is 0.270 e. The molecule has 1 aromatic carbocycles. The summed E-state index contributed by atoms with van der Waals surface area (Å²) in [6.45, 7) is 4.33. The van der Waals surface area contributed by atoms with E-state index in [4.69, 9.17) is 0 Å². The van der Waals surface area contributed by atoms with Crippen molar-refractivity contribution in [3.05, 3.63) is 51.8 Å². The average molecular weight is 274 g/mol. The molecule has 2 aromatic rings. The summed E-state index contributed by atoms with van der Waals surface area (Å²) in [5.74, 6) is 0.932. The Kier molecular flexibility index (Phi) is 4.10. The molecule has 0 bridgehead atoms. The van der Waals surface area contributed by atoms with Crippen LogP contribution in [0.5, 0.6) is 0 Å². The number of nitrogens with zero attached hydrogens (tertiary/aromatic N) is 2. The van der Waals surface area contributed by atoms with Gasteiger partial charge in [-0.05, 0) is 17.5 Å². The summed E-state index contributed by atoms with van der Waals surface area (Å²) in [6.07, 6.45) is 0. The Bertz CT molecular complexity index is 630. The average Bonchev–Trinajstić information content (AvgIpc) is 2.41. The Morgan fingerprint density at radius 2 is 1.89 bits per heavy atom. The first kappa shape index (κ1) is 13.9. The Labute approximate surface area is 118 Å². The fraction of sp³-hybridized carbons (Fsp3) is 0.333. The third-order valence-electron chi connectivity index (χ3n) is 3.18. The van der Waals surface area contributed by atoms with Crippen LogP contribution >= 0.6 is 12.6 Å². The van der Waals surface area contributed by atoms with Crippen molar-refractivity contribution in [3.63, 3.8) is 0 Å². The van der Waals surface area contributed by atoms with E-state index >= 15 is 0 Å². The first-order chi connectivity index (χ1) is 9.02. The van der Waals surface area contributed by atoms with Crippen molar-refractivity contribution < 1.29 is 0 Å². The maximum absolute atomic E-state index is 11.8. The fourth-order valence-electron chi connectivity index (χ4n) is 1.96. The highest BCUT2D eigenvalue weighted by molar-refractivity contribution is 7.79. The molecule has 0 amide bonds. The lowest BCUT2D eigenvalue weighted by atomic mass is 10.0. The molecular weight excluding hydrogens is 256 g/mol. The van der Waals surface area contributed by atoms with Crippen LogP contribution in [0.25, 0.3) is 11.3 Å². The molecule has 0 radical (unpaired) electrons. The Morgan fingerprint density at radius 3 is 2.42 bits per heavy atom. The van der Waals surface area contributed by atoms with E-state index in [1.807, 2.05) is 18.2 Å². The summed E-state index contributed by atoms with van der Waals surface area (Å²) >= 11 is 4.19. The van der Waals surface area contributed by atoms with E-state index < -0.39 is 0 Å². The molecule has 0 aliphatic rings. The summed E-state index contributed by atoms with van der Waals surface area (Å²) in [6, 6.07) is 10.1. The molecule has 0 aliphatic heterocycles. The minimum atomic E-state index is -0.0856. The van der Waals surface area contributed by atoms with Crippen LogP contribution in [0.1, 0.15) is 30.9 Å². The minimum Gasteiger partial charge on any atom is -0.267 e. The zero-order valence-corrected chi connectivity index (χ0v) is 12.3. The van der Waals surface area contributed by atoms with Crippen molar-refractivity contribution >= 4 is 12.6 Å². The van der Waals surface area contributed by atoms with E-state index in [9.17, 15) is 4.79 Å². The van der Waals surface area contributed by atoms with Gasteiger partial charge in [-0.15, -0.1) is 0 Å². The third kappa shape index (κ3) is 2.89. The van der Waals surface area contributed by atoms with Crippen LogP contribution in [-0.2, 0) is 12.8 Å². The molecule has 0 N–H and O–H groups in total. The summed E-state index contributed by atoms with van der Waals surface area (Å²) in [5, 5.41) is 4.30. The normalized spacial score (nSPS) is 11.0. The molecule has 3 nitrogen and oxygen atoms in total. The molecule has 0 atom stereocenters. The quantitative estimate of drug-likeness (QED) is 0.873. The molecule has 4 heteroatoms. The van der Waals surface area contributed by atoms with E-state index in [0.717, 1.165) is 11.3 Å². The number of hydrogen-bond donors (Lipinski definition) is 1. The van der Waals surface area contributed by atoms with Crippen LogP contribution in [0.3, 0.4) is 0 Å². The van der Waals surface area contributed by atoms with Crippen molar-refractivity contribution in [1.82, 2.24) is 9.78 Å². The molecule has 1 aromatic heterocycles. The smallest absolute Gasteiger partial charge is 0.267 e. The molecule has 2 rings (SSSR count). The maximum atomic E-state index is 11.8. The number of thiol groups is 1. The van der Waals surface area contributed by atoms with Gasteiger partial charge in [-0.2, -0.15) is 17.7 Å². The predicted molar refractivity (Wildman–Crippen MR) is 81.7 cm³/mol. The van der Waals surface area contributed by atoms with Crippen molar-refractivity contribution in [1.29, 1.82) is 0 Å². The summed E-state index contributed by atoms with van der Waals surface area (Å²) in [5.41, 5.74) is 3.70. The third-order valence-corrected chi connectivity index (χ3v) is 3.52. The van der Waals surface area contributed by atoms with Crippen LogP contribution in [0.15, 0.2) is 35.1 Å². The van der Waals surface area contributed by atoms with Gasteiger partial charge in [-0.1, -0.05) is 38.1 Å².